The average molecular weight is 435 g/mol. The largest absolute Gasteiger partial charge is 0.369 e. The third-order valence-electron chi connectivity index (χ3n) is 7.02. The predicted molar refractivity (Wildman–Crippen MR) is 123 cm³/mol. The number of aryl methyl sites for hydroxylation is 2. The van der Waals surface area contributed by atoms with Gasteiger partial charge in [0.15, 0.2) is 5.82 Å². The first-order valence-corrected chi connectivity index (χ1v) is 11.7. The maximum atomic E-state index is 15.0. The van der Waals surface area contributed by atoms with Gasteiger partial charge < -0.3 is 4.90 Å². The number of hydrogen-bond acceptors (Lipinski definition) is 5. The van der Waals surface area contributed by atoms with E-state index in [2.05, 4.69) is 57.4 Å². The Balaban J connectivity index is 1.45. The Hall–Kier alpha value is -2.80. The fraction of sp³-hybridized carbons (Fsp3) is 0.480. The number of tetrazole rings is 1. The van der Waals surface area contributed by atoms with E-state index in [1.54, 1.807) is 12.1 Å². The Morgan fingerprint density at radius 1 is 0.969 bits per heavy atom. The molecule has 2 aliphatic rings. The molecule has 1 atom stereocenters. The van der Waals surface area contributed by atoms with Crippen LogP contribution in [-0.4, -0.2) is 51.3 Å². The summed E-state index contributed by atoms with van der Waals surface area (Å²) in [5.41, 5.74) is 4.51. The molecule has 1 aliphatic carbocycles. The van der Waals surface area contributed by atoms with Crippen LogP contribution in [0.25, 0.3) is 0 Å². The van der Waals surface area contributed by atoms with E-state index in [1.807, 2.05) is 16.8 Å². The quantitative estimate of drug-likeness (QED) is 0.594. The fourth-order valence-electron chi connectivity index (χ4n) is 5.27. The topological polar surface area (TPSA) is 50.1 Å². The van der Waals surface area contributed by atoms with Crippen LogP contribution in [0.2, 0.25) is 0 Å². The van der Waals surface area contributed by atoms with Gasteiger partial charge in [-0.15, -0.1) is 5.10 Å². The number of benzene rings is 2. The fourth-order valence-corrected chi connectivity index (χ4v) is 5.27. The van der Waals surface area contributed by atoms with Crippen LogP contribution in [0.3, 0.4) is 0 Å². The van der Waals surface area contributed by atoms with Crippen molar-refractivity contribution in [1.29, 1.82) is 0 Å². The second-order valence-electron chi connectivity index (χ2n) is 9.16. The zero-order valence-corrected chi connectivity index (χ0v) is 18.9. The molecule has 1 saturated carbocycles. The van der Waals surface area contributed by atoms with Crippen molar-refractivity contribution >= 4 is 5.69 Å². The van der Waals surface area contributed by atoms with Gasteiger partial charge in [0.1, 0.15) is 11.9 Å². The van der Waals surface area contributed by atoms with Gasteiger partial charge in [-0.05, 0) is 60.4 Å². The lowest BCUT2D eigenvalue weighted by atomic mass is 10.0. The van der Waals surface area contributed by atoms with Crippen LogP contribution in [0.1, 0.15) is 60.3 Å². The van der Waals surface area contributed by atoms with Crippen molar-refractivity contribution in [2.75, 3.05) is 31.1 Å². The molecule has 1 saturated heterocycles. The predicted octanol–water partition coefficient (Wildman–Crippen LogP) is 4.46. The normalized spacial score (nSPS) is 18.9. The highest BCUT2D eigenvalue weighted by molar-refractivity contribution is 5.55. The number of nitrogens with zero attached hydrogens (tertiary/aromatic N) is 6. The van der Waals surface area contributed by atoms with E-state index >= 15 is 4.39 Å². The molecular formula is C25H31FN6. The second-order valence-corrected chi connectivity index (χ2v) is 9.16. The molecule has 32 heavy (non-hydrogen) atoms. The van der Waals surface area contributed by atoms with Crippen LogP contribution in [-0.2, 0) is 0 Å². The Morgan fingerprint density at radius 3 is 2.47 bits per heavy atom. The number of rotatable bonds is 5. The van der Waals surface area contributed by atoms with Gasteiger partial charge >= 0.3 is 0 Å². The molecule has 0 spiro atoms. The molecule has 7 heteroatoms. The highest BCUT2D eigenvalue weighted by Crippen LogP contribution is 2.35. The van der Waals surface area contributed by atoms with Crippen LogP contribution < -0.4 is 4.90 Å². The molecule has 0 unspecified atom stereocenters. The summed E-state index contributed by atoms with van der Waals surface area (Å²) in [5.74, 6) is 0.567. The van der Waals surface area contributed by atoms with Gasteiger partial charge in [-0.2, -0.15) is 0 Å². The SMILES string of the molecule is Cc1ccc(C)c(N2CCN([C@H](c3ccccc3F)c3nnnn3C3CCCC3)CC2)c1. The average Bonchev–Trinajstić information content (AvgIpc) is 3.50. The lowest BCUT2D eigenvalue weighted by Gasteiger charge is -2.40. The van der Waals surface area contributed by atoms with Crippen molar-refractivity contribution in [2.24, 2.45) is 0 Å². The minimum atomic E-state index is -0.285. The Morgan fingerprint density at radius 2 is 1.72 bits per heavy atom. The first-order valence-electron chi connectivity index (χ1n) is 11.7. The van der Waals surface area contributed by atoms with Gasteiger partial charge in [-0.1, -0.05) is 43.2 Å². The Labute approximate surface area is 189 Å². The molecule has 6 nitrogen and oxygen atoms in total. The smallest absolute Gasteiger partial charge is 0.173 e. The summed E-state index contributed by atoms with van der Waals surface area (Å²) in [5, 5.41) is 12.8. The molecule has 5 rings (SSSR count). The number of anilines is 1. The zero-order valence-electron chi connectivity index (χ0n) is 18.9. The first kappa shape index (κ1) is 21.1. The van der Waals surface area contributed by atoms with Crippen molar-refractivity contribution in [2.45, 2.75) is 51.6 Å². The third-order valence-corrected chi connectivity index (χ3v) is 7.02. The van der Waals surface area contributed by atoms with Crippen LogP contribution in [0.15, 0.2) is 42.5 Å². The van der Waals surface area contributed by atoms with Crippen molar-refractivity contribution < 1.29 is 4.39 Å². The summed E-state index contributed by atoms with van der Waals surface area (Å²) in [6.07, 6.45) is 4.57. The van der Waals surface area contributed by atoms with Crippen LogP contribution in [0.4, 0.5) is 10.1 Å². The molecule has 3 aromatic rings. The van der Waals surface area contributed by atoms with E-state index in [-0.39, 0.29) is 11.9 Å². The lowest BCUT2D eigenvalue weighted by molar-refractivity contribution is 0.194. The zero-order chi connectivity index (χ0) is 22.1. The molecule has 2 aromatic carbocycles. The minimum absolute atomic E-state index is 0.199. The second kappa shape index (κ2) is 8.98. The number of hydrogen-bond donors (Lipinski definition) is 0. The Bertz CT molecular complexity index is 1070. The van der Waals surface area contributed by atoms with Crippen molar-refractivity contribution in [1.82, 2.24) is 25.1 Å². The molecule has 1 aliphatic heterocycles. The van der Waals surface area contributed by atoms with E-state index in [4.69, 9.17) is 0 Å². The van der Waals surface area contributed by atoms with Crippen molar-refractivity contribution in [3.63, 3.8) is 0 Å². The molecule has 2 heterocycles. The summed E-state index contributed by atoms with van der Waals surface area (Å²) in [7, 11) is 0. The summed E-state index contributed by atoms with van der Waals surface area (Å²) >= 11 is 0. The van der Waals surface area contributed by atoms with Crippen molar-refractivity contribution in [3.8, 4) is 0 Å². The van der Waals surface area contributed by atoms with Crippen LogP contribution in [0.5, 0.6) is 0 Å². The summed E-state index contributed by atoms with van der Waals surface area (Å²) in [6.45, 7) is 7.73. The molecule has 0 bridgehead atoms. The molecule has 0 radical (unpaired) electrons. The molecule has 0 amide bonds. The van der Waals surface area contributed by atoms with Crippen LogP contribution in [0, 0.1) is 19.7 Å². The number of piperazine rings is 1. The maximum absolute atomic E-state index is 15.0. The standard InChI is InChI=1S/C25H31FN6/c1-18-11-12-19(2)23(17-18)30-13-15-31(16-14-30)24(21-9-5-6-10-22(21)26)25-27-28-29-32(25)20-7-3-4-8-20/h5-6,9-12,17,20,24H,3-4,7-8,13-16H2,1-2H3/t24-/m1/s1. The van der Waals surface area contributed by atoms with Gasteiger partial charge in [-0.25, -0.2) is 9.07 Å². The summed E-state index contributed by atoms with van der Waals surface area (Å²) in [6, 6.07) is 13.7. The van der Waals surface area contributed by atoms with Crippen molar-refractivity contribution in [3.05, 3.63) is 70.8 Å². The minimum Gasteiger partial charge on any atom is -0.369 e. The number of halogens is 1. The molecule has 168 valence electrons. The maximum Gasteiger partial charge on any atom is 0.173 e. The highest BCUT2D eigenvalue weighted by Gasteiger charge is 2.34. The monoisotopic (exact) mass is 434 g/mol. The van der Waals surface area contributed by atoms with Gasteiger partial charge in [0, 0.05) is 37.4 Å². The molecular weight excluding hydrogens is 403 g/mol. The molecule has 1 aromatic heterocycles. The van der Waals surface area contributed by atoms with E-state index < -0.39 is 0 Å². The van der Waals surface area contributed by atoms with E-state index in [0.717, 1.165) is 44.8 Å². The van der Waals surface area contributed by atoms with Crippen LogP contribution >= 0.6 is 0 Å². The van der Waals surface area contributed by atoms with E-state index in [0.29, 0.717) is 11.6 Å². The van der Waals surface area contributed by atoms with E-state index in [9.17, 15) is 0 Å². The molecule has 2 fully saturated rings. The summed E-state index contributed by atoms with van der Waals surface area (Å²) < 4.78 is 17.0. The first-order chi connectivity index (χ1) is 15.6. The Kier molecular flexibility index (Phi) is 5.91. The third kappa shape index (κ3) is 4.01. The lowest BCUT2D eigenvalue weighted by Crippen LogP contribution is -2.48. The van der Waals surface area contributed by atoms with Gasteiger partial charge in [-0.3, -0.25) is 4.90 Å². The number of aromatic nitrogens is 4. The molecule has 0 N–H and O–H groups in total. The highest BCUT2D eigenvalue weighted by atomic mass is 19.1. The van der Waals surface area contributed by atoms with E-state index in [1.165, 1.54) is 29.7 Å². The van der Waals surface area contributed by atoms with Gasteiger partial charge in [0.05, 0.1) is 6.04 Å². The van der Waals surface area contributed by atoms with Gasteiger partial charge in [0.25, 0.3) is 0 Å². The summed E-state index contributed by atoms with van der Waals surface area (Å²) in [4.78, 5) is 4.79. The van der Waals surface area contributed by atoms with Gasteiger partial charge in [0.2, 0.25) is 0 Å².